The van der Waals surface area contributed by atoms with E-state index in [-0.39, 0.29) is 35.7 Å². The fraction of sp³-hybridized carbons (Fsp3) is 0.615. The molecule has 0 saturated heterocycles. The van der Waals surface area contributed by atoms with Crippen LogP contribution in [0.2, 0.25) is 0 Å². The van der Waals surface area contributed by atoms with E-state index in [1.165, 1.54) is 42.0 Å². The molecule has 4 rings (SSSR count). The van der Waals surface area contributed by atoms with Crippen LogP contribution < -0.4 is 0 Å². The van der Waals surface area contributed by atoms with Crippen molar-refractivity contribution in [2.75, 3.05) is 0 Å². The Bertz CT molecular complexity index is 1200. The van der Waals surface area contributed by atoms with Gasteiger partial charge in [-0.2, -0.15) is 10.1 Å². The lowest BCUT2D eigenvalue weighted by atomic mass is 9.88. The van der Waals surface area contributed by atoms with E-state index < -0.39 is 12.0 Å². The highest BCUT2D eigenvalue weighted by atomic mass is 32.1. The lowest BCUT2D eigenvalue weighted by Crippen LogP contribution is -2.25. The Labute approximate surface area is 213 Å². The molecule has 0 aliphatic heterocycles. The average Bonchev–Trinajstić information content (AvgIpc) is 3.44. The molecular weight excluding hydrogens is 486 g/mol. The topological polar surface area (TPSA) is 85.9 Å². The highest BCUT2D eigenvalue weighted by Crippen LogP contribution is 2.39. The number of aromatic nitrogens is 2. The molecule has 1 saturated carbocycles. The van der Waals surface area contributed by atoms with Crippen molar-refractivity contribution in [2.45, 2.75) is 90.2 Å². The number of esters is 1. The zero-order valence-corrected chi connectivity index (χ0v) is 22.0. The Balaban J connectivity index is 1.54. The second-order valence-electron chi connectivity index (χ2n) is 10.6. The second kappa shape index (κ2) is 10.7. The summed E-state index contributed by atoms with van der Waals surface area (Å²) in [4.78, 5) is 36.3. The van der Waals surface area contributed by atoms with Crippen LogP contribution >= 0.6 is 11.3 Å². The van der Waals surface area contributed by atoms with E-state index in [0.29, 0.717) is 24.3 Å². The molecule has 1 atom stereocenters. The van der Waals surface area contributed by atoms with Gasteiger partial charge in [0.1, 0.15) is 11.3 Å². The highest BCUT2D eigenvalue weighted by Gasteiger charge is 2.31. The molecule has 1 fully saturated rings. The number of aryl methyl sites for hydroxylation is 2. The van der Waals surface area contributed by atoms with Crippen LogP contribution in [-0.4, -0.2) is 39.2 Å². The van der Waals surface area contributed by atoms with E-state index in [4.69, 9.17) is 4.74 Å². The van der Waals surface area contributed by atoms with Gasteiger partial charge in [0, 0.05) is 34.9 Å². The van der Waals surface area contributed by atoms with E-state index in [9.17, 15) is 18.4 Å². The van der Waals surface area contributed by atoms with Gasteiger partial charge in [0.25, 0.3) is 6.43 Å². The Kier molecular flexibility index (Phi) is 7.85. The molecule has 0 bridgehead atoms. The molecule has 2 aromatic rings. The number of nitrogens with zero attached hydrogens (tertiary/aromatic N) is 4. The number of ketones is 1. The van der Waals surface area contributed by atoms with Gasteiger partial charge in [0.15, 0.2) is 11.6 Å². The molecule has 36 heavy (non-hydrogen) atoms. The van der Waals surface area contributed by atoms with Crippen molar-refractivity contribution in [1.29, 1.82) is 0 Å². The van der Waals surface area contributed by atoms with E-state index in [1.807, 2.05) is 20.8 Å². The molecule has 0 unspecified atom stereocenters. The summed E-state index contributed by atoms with van der Waals surface area (Å²) in [5.74, 6) is 0.643. The van der Waals surface area contributed by atoms with Crippen molar-refractivity contribution in [3.05, 3.63) is 32.6 Å². The third-order valence-corrected chi connectivity index (χ3v) is 7.58. The van der Waals surface area contributed by atoms with Gasteiger partial charge in [-0.3, -0.25) is 9.59 Å². The number of Topliss-reactive ketones (excluding diaryl/α,β-unsaturated/α-hetero) is 1. The molecule has 2 aliphatic rings. The molecular formula is C26H32F2N4O3S. The Morgan fingerprint density at radius 3 is 2.69 bits per heavy atom. The molecule has 0 N–H and O–H groups in total. The van der Waals surface area contributed by atoms with E-state index in [1.54, 1.807) is 0 Å². The van der Waals surface area contributed by atoms with Crippen molar-refractivity contribution in [3.8, 4) is 0 Å². The first-order chi connectivity index (χ1) is 17.0. The number of halogens is 2. The largest absolute Gasteiger partial charge is 0.460 e. The maximum Gasteiger partial charge on any atom is 0.311 e. The molecule has 194 valence electrons. The van der Waals surface area contributed by atoms with Crippen LogP contribution in [0.25, 0.3) is 0 Å². The number of aliphatic imine (C=N–C) groups is 2. The van der Waals surface area contributed by atoms with Gasteiger partial charge < -0.3 is 4.74 Å². The maximum absolute atomic E-state index is 13.3. The predicted molar refractivity (Wildman–Crippen MR) is 134 cm³/mol. The Morgan fingerprint density at radius 2 is 2.06 bits per heavy atom. The van der Waals surface area contributed by atoms with Gasteiger partial charge in [-0.25, -0.2) is 18.5 Å². The van der Waals surface area contributed by atoms with Crippen molar-refractivity contribution in [2.24, 2.45) is 23.0 Å². The van der Waals surface area contributed by atoms with Gasteiger partial charge >= 0.3 is 5.97 Å². The third-order valence-electron chi connectivity index (χ3n) is 6.29. The van der Waals surface area contributed by atoms with Crippen molar-refractivity contribution >= 4 is 34.9 Å². The fourth-order valence-electron chi connectivity index (χ4n) is 4.41. The number of rotatable bonds is 9. The number of hydrogen-bond donors (Lipinski definition) is 0. The minimum absolute atomic E-state index is 0.0851. The summed E-state index contributed by atoms with van der Waals surface area (Å²) in [6.45, 7) is 5.49. The van der Waals surface area contributed by atoms with E-state index in [0.717, 1.165) is 34.6 Å². The maximum atomic E-state index is 13.3. The number of hydrogen-bond acceptors (Lipinski definition) is 7. The molecule has 2 aromatic heterocycles. The highest BCUT2D eigenvalue weighted by molar-refractivity contribution is 7.12. The molecule has 0 radical (unpaired) electrons. The number of ether oxygens (including phenoxy) is 1. The van der Waals surface area contributed by atoms with Gasteiger partial charge in [-0.15, -0.1) is 11.3 Å². The standard InChI is InChI=1S/C26H32F2N4O3S/c1-26(2,3)35-23(34)13-21-24(19(33)9-7-15-5-6-15)17-11-16(8-10-20(17)36-21)29-14-30-22-12-18(25(27)28)31-32(22)4/h12,15-16,25H,5-11,13H2,1-4H3/t16-/m0/s1. The minimum atomic E-state index is -2.67. The third kappa shape index (κ3) is 6.73. The number of fused-ring (bicyclic) bond motifs is 1. The molecule has 2 heterocycles. The predicted octanol–water partition coefficient (Wildman–Crippen LogP) is 6.04. The van der Waals surface area contributed by atoms with Gasteiger partial charge in [-0.1, -0.05) is 12.8 Å². The Morgan fingerprint density at radius 1 is 1.31 bits per heavy atom. The smallest absolute Gasteiger partial charge is 0.311 e. The first-order valence-electron chi connectivity index (χ1n) is 12.4. The minimum Gasteiger partial charge on any atom is -0.460 e. The van der Waals surface area contributed by atoms with Crippen LogP contribution in [-0.2, 0) is 35.8 Å². The van der Waals surface area contributed by atoms with E-state index >= 15 is 0 Å². The van der Waals surface area contributed by atoms with Crippen LogP contribution in [0.15, 0.2) is 16.1 Å². The lowest BCUT2D eigenvalue weighted by molar-refractivity contribution is -0.153. The lowest BCUT2D eigenvalue weighted by Gasteiger charge is -2.20. The summed E-state index contributed by atoms with van der Waals surface area (Å²) in [6.07, 6.45) is 3.21. The van der Waals surface area contributed by atoms with Crippen molar-refractivity contribution in [3.63, 3.8) is 0 Å². The number of carbonyl (C=O) groups excluding carboxylic acids is 2. The van der Waals surface area contributed by atoms with Gasteiger partial charge in [0.2, 0.25) is 0 Å². The number of carbonyl (C=O) groups is 2. The Hall–Kier alpha value is -2.71. The summed E-state index contributed by atoms with van der Waals surface area (Å²) in [6, 6.07) is 3.72. The van der Waals surface area contributed by atoms with Crippen LogP contribution in [0, 0.1) is 5.92 Å². The second-order valence-corrected chi connectivity index (χ2v) is 11.7. The average molecular weight is 519 g/mol. The molecule has 2 aliphatic carbocycles. The summed E-state index contributed by atoms with van der Waals surface area (Å²) < 4.78 is 32.5. The number of alkyl halides is 2. The zero-order valence-electron chi connectivity index (χ0n) is 21.1. The van der Waals surface area contributed by atoms with E-state index in [2.05, 4.69) is 21.1 Å². The van der Waals surface area contributed by atoms with Crippen molar-refractivity contribution in [1.82, 2.24) is 9.78 Å². The first-order valence-corrected chi connectivity index (χ1v) is 13.2. The summed E-state index contributed by atoms with van der Waals surface area (Å²) in [5.41, 5.74) is 0.714. The molecule has 0 aromatic carbocycles. The molecule has 10 heteroatoms. The fourth-order valence-corrected chi connectivity index (χ4v) is 5.76. The first kappa shape index (κ1) is 26.4. The van der Waals surface area contributed by atoms with Gasteiger partial charge in [0.05, 0.1) is 18.5 Å². The SMILES string of the molecule is Cn1nc(C(F)F)cc1N=C=N[C@H]1CCc2sc(CC(=O)OC(C)(C)C)c(C(=O)CCC3CC3)c2C1. The van der Waals surface area contributed by atoms with Gasteiger partial charge in [-0.05, 0) is 57.9 Å². The summed E-state index contributed by atoms with van der Waals surface area (Å²) in [7, 11) is 1.54. The molecule has 0 amide bonds. The number of thiophene rings is 1. The van der Waals surface area contributed by atoms with Crippen LogP contribution in [0.4, 0.5) is 14.6 Å². The molecule has 0 spiro atoms. The monoisotopic (exact) mass is 518 g/mol. The zero-order chi connectivity index (χ0) is 26.0. The normalized spacial score (nSPS) is 17.5. The van der Waals surface area contributed by atoms with Crippen LogP contribution in [0.5, 0.6) is 0 Å². The van der Waals surface area contributed by atoms with Crippen molar-refractivity contribution < 1.29 is 23.1 Å². The quantitative estimate of drug-likeness (QED) is 0.230. The summed E-state index contributed by atoms with van der Waals surface area (Å²) >= 11 is 1.53. The molecule has 7 nitrogen and oxygen atoms in total. The summed E-state index contributed by atoms with van der Waals surface area (Å²) in [5, 5.41) is 3.74. The van der Waals surface area contributed by atoms with Crippen LogP contribution in [0.1, 0.15) is 90.7 Å². The van der Waals surface area contributed by atoms with Crippen LogP contribution in [0.3, 0.4) is 0 Å².